The molecule has 0 saturated carbocycles. The van der Waals surface area contributed by atoms with Crippen LogP contribution in [0, 0.1) is 5.41 Å². The third-order valence-corrected chi connectivity index (χ3v) is 2.68. The molecule has 1 atom stereocenters. The van der Waals surface area contributed by atoms with Gasteiger partial charge in [0.1, 0.15) is 0 Å². The van der Waals surface area contributed by atoms with E-state index in [-0.39, 0.29) is 24.3 Å². The number of rotatable bonds is 3. The maximum Gasteiger partial charge on any atom is 0.222 e. The maximum atomic E-state index is 11.4. The monoisotopic (exact) mass is 228 g/mol. The van der Waals surface area contributed by atoms with E-state index in [0.29, 0.717) is 13.1 Å². The number of aliphatic hydroxyl groups is 1. The van der Waals surface area contributed by atoms with Crippen molar-refractivity contribution in [1.29, 1.82) is 5.41 Å². The molecule has 1 aliphatic heterocycles. The van der Waals surface area contributed by atoms with E-state index in [9.17, 15) is 4.79 Å². The average molecular weight is 228 g/mol. The summed E-state index contributed by atoms with van der Waals surface area (Å²) in [6.45, 7) is 3.00. The van der Waals surface area contributed by atoms with Gasteiger partial charge in [-0.2, -0.15) is 0 Å². The fourth-order valence-corrected chi connectivity index (χ4v) is 1.82. The molecule has 1 rings (SSSR count). The third kappa shape index (κ3) is 4.06. The van der Waals surface area contributed by atoms with Crippen LogP contribution in [0.25, 0.3) is 0 Å². The van der Waals surface area contributed by atoms with Crippen LogP contribution < -0.4 is 11.1 Å². The highest BCUT2D eigenvalue weighted by molar-refractivity contribution is 5.77. The number of nitrogens with one attached hydrogen (secondary N) is 2. The van der Waals surface area contributed by atoms with Crippen LogP contribution in [0.5, 0.6) is 0 Å². The Morgan fingerprint density at radius 1 is 1.62 bits per heavy atom. The summed E-state index contributed by atoms with van der Waals surface area (Å²) in [7, 11) is 0. The molecule has 16 heavy (non-hydrogen) atoms. The van der Waals surface area contributed by atoms with Crippen molar-refractivity contribution in [2.24, 2.45) is 5.73 Å². The average Bonchev–Trinajstić information content (AvgIpc) is 2.16. The molecule has 0 aromatic rings. The predicted molar refractivity (Wildman–Crippen MR) is 60.9 cm³/mol. The predicted octanol–water partition coefficient (Wildman–Crippen LogP) is -0.769. The van der Waals surface area contributed by atoms with Gasteiger partial charge in [0.15, 0.2) is 5.96 Å². The highest BCUT2D eigenvalue weighted by atomic mass is 16.3. The first-order valence-electron chi connectivity index (χ1n) is 5.55. The molecule has 0 aliphatic carbocycles. The van der Waals surface area contributed by atoms with Gasteiger partial charge in [0.05, 0.1) is 12.5 Å². The standard InChI is InChI=1S/C10H20N4O2/c1-7(15)6-9(16)13-8-2-4-14(5-3-8)10(11)12/h7-8,15H,2-6H2,1H3,(H3,11,12)(H,13,16). The second kappa shape index (κ2) is 5.69. The minimum absolute atomic E-state index is 0.0914. The van der Waals surface area contributed by atoms with Crippen LogP contribution in [0.2, 0.25) is 0 Å². The van der Waals surface area contributed by atoms with E-state index < -0.39 is 6.10 Å². The normalized spacial score (nSPS) is 19.2. The molecule has 0 bridgehead atoms. The van der Waals surface area contributed by atoms with E-state index in [4.69, 9.17) is 16.2 Å². The van der Waals surface area contributed by atoms with Crippen LogP contribution in [-0.2, 0) is 4.79 Å². The summed E-state index contributed by atoms with van der Waals surface area (Å²) in [6.07, 6.45) is 1.14. The van der Waals surface area contributed by atoms with Crippen molar-refractivity contribution in [2.45, 2.75) is 38.3 Å². The molecular weight excluding hydrogens is 208 g/mol. The summed E-state index contributed by atoms with van der Waals surface area (Å²) in [6, 6.07) is 0.141. The van der Waals surface area contributed by atoms with Crippen LogP contribution in [0.1, 0.15) is 26.2 Å². The molecule has 0 aromatic heterocycles. The lowest BCUT2D eigenvalue weighted by Gasteiger charge is -2.32. The number of amides is 1. The van der Waals surface area contributed by atoms with E-state index in [1.165, 1.54) is 0 Å². The van der Waals surface area contributed by atoms with E-state index in [0.717, 1.165) is 12.8 Å². The Kier molecular flexibility index (Phi) is 4.54. The zero-order valence-electron chi connectivity index (χ0n) is 9.57. The highest BCUT2D eigenvalue weighted by Crippen LogP contribution is 2.09. The fourth-order valence-electron chi connectivity index (χ4n) is 1.82. The number of piperidine rings is 1. The van der Waals surface area contributed by atoms with Crippen LogP contribution in [0.4, 0.5) is 0 Å². The Morgan fingerprint density at radius 2 is 2.19 bits per heavy atom. The Labute approximate surface area is 95.3 Å². The van der Waals surface area contributed by atoms with Crippen LogP contribution in [0.15, 0.2) is 0 Å². The lowest BCUT2D eigenvalue weighted by Crippen LogP contribution is -2.48. The van der Waals surface area contributed by atoms with Crippen molar-refractivity contribution in [1.82, 2.24) is 10.2 Å². The number of carbonyl (C=O) groups excluding carboxylic acids is 1. The van der Waals surface area contributed by atoms with Crippen molar-refractivity contribution in [2.75, 3.05) is 13.1 Å². The van der Waals surface area contributed by atoms with Gasteiger partial charge in [-0.15, -0.1) is 0 Å². The number of likely N-dealkylation sites (tertiary alicyclic amines) is 1. The molecule has 1 fully saturated rings. The van der Waals surface area contributed by atoms with Gasteiger partial charge in [-0.05, 0) is 19.8 Å². The number of guanidine groups is 1. The van der Waals surface area contributed by atoms with Crippen LogP contribution >= 0.6 is 0 Å². The first kappa shape index (κ1) is 12.8. The van der Waals surface area contributed by atoms with Crippen LogP contribution in [-0.4, -0.2) is 47.1 Å². The number of hydrogen-bond donors (Lipinski definition) is 4. The lowest BCUT2D eigenvalue weighted by atomic mass is 10.0. The van der Waals surface area contributed by atoms with Crippen molar-refractivity contribution >= 4 is 11.9 Å². The quantitative estimate of drug-likeness (QED) is 0.376. The molecule has 1 heterocycles. The maximum absolute atomic E-state index is 11.4. The zero-order chi connectivity index (χ0) is 12.1. The molecule has 6 nitrogen and oxygen atoms in total. The second-order valence-corrected chi connectivity index (χ2v) is 4.27. The van der Waals surface area contributed by atoms with Gasteiger partial charge in [-0.1, -0.05) is 0 Å². The largest absolute Gasteiger partial charge is 0.393 e. The second-order valence-electron chi connectivity index (χ2n) is 4.27. The fraction of sp³-hybridized carbons (Fsp3) is 0.800. The van der Waals surface area contributed by atoms with Crippen molar-refractivity contribution in [3.05, 3.63) is 0 Å². The molecule has 1 unspecified atom stereocenters. The molecule has 0 aromatic carbocycles. The first-order valence-corrected chi connectivity index (χ1v) is 5.55. The summed E-state index contributed by atoms with van der Waals surface area (Å²) >= 11 is 0. The van der Waals surface area contributed by atoms with Gasteiger partial charge in [0, 0.05) is 19.1 Å². The van der Waals surface area contributed by atoms with E-state index >= 15 is 0 Å². The van der Waals surface area contributed by atoms with Crippen molar-refractivity contribution in [3.8, 4) is 0 Å². The molecule has 92 valence electrons. The molecule has 1 saturated heterocycles. The van der Waals surface area contributed by atoms with Gasteiger partial charge in [0.2, 0.25) is 5.91 Å². The summed E-state index contributed by atoms with van der Waals surface area (Å²) < 4.78 is 0. The Bertz CT molecular complexity index is 260. The van der Waals surface area contributed by atoms with Gasteiger partial charge in [-0.25, -0.2) is 0 Å². The minimum atomic E-state index is -0.600. The lowest BCUT2D eigenvalue weighted by molar-refractivity contribution is -0.123. The van der Waals surface area contributed by atoms with E-state index in [1.54, 1.807) is 11.8 Å². The minimum Gasteiger partial charge on any atom is -0.393 e. The van der Waals surface area contributed by atoms with Crippen molar-refractivity contribution in [3.63, 3.8) is 0 Å². The molecule has 5 N–H and O–H groups in total. The van der Waals surface area contributed by atoms with E-state index in [1.807, 2.05) is 0 Å². The van der Waals surface area contributed by atoms with Gasteiger partial charge in [0.25, 0.3) is 0 Å². The molecule has 6 heteroatoms. The summed E-state index contributed by atoms with van der Waals surface area (Å²) in [5.41, 5.74) is 5.37. The number of nitrogens with zero attached hydrogens (tertiary/aromatic N) is 1. The summed E-state index contributed by atoms with van der Waals surface area (Å²) in [5, 5.41) is 19.2. The summed E-state index contributed by atoms with van der Waals surface area (Å²) in [4.78, 5) is 13.2. The molecule has 1 amide bonds. The zero-order valence-corrected chi connectivity index (χ0v) is 9.57. The molecule has 0 radical (unpaired) electrons. The topological polar surface area (TPSA) is 102 Å². The van der Waals surface area contributed by atoms with Crippen LogP contribution in [0.3, 0.4) is 0 Å². The number of carbonyl (C=O) groups is 1. The van der Waals surface area contributed by atoms with Gasteiger partial charge >= 0.3 is 0 Å². The number of nitrogens with two attached hydrogens (primary N) is 1. The third-order valence-electron chi connectivity index (χ3n) is 2.68. The number of aliphatic hydroxyl groups excluding tert-OH is 1. The van der Waals surface area contributed by atoms with Gasteiger partial charge < -0.3 is 21.1 Å². The Hall–Kier alpha value is -1.30. The van der Waals surface area contributed by atoms with Crippen molar-refractivity contribution < 1.29 is 9.90 Å². The molecule has 1 aliphatic rings. The smallest absolute Gasteiger partial charge is 0.222 e. The summed E-state index contributed by atoms with van der Waals surface area (Å²) in [5.74, 6) is -0.0231. The molecular formula is C10H20N4O2. The van der Waals surface area contributed by atoms with E-state index in [2.05, 4.69) is 5.32 Å². The molecule has 0 spiro atoms. The number of hydrogen-bond acceptors (Lipinski definition) is 3. The Balaban J connectivity index is 2.26. The van der Waals surface area contributed by atoms with Gasteiger partial charge in [-0.3, -0.25) is 10.2 Å². The Morgan fingerprint density at radius 3 is 2.62 bits per heavy atom. The first-order chi connectivity index (χ1) is 7.49. The SMILES string of the molecule is CC(O)CC(=O)NC1CCN(C(=N)N)CC1. The highest BCUT2D eigenvalue weighted by Gasteiger charge is 2.21.